The van der Waals surface area contributed by atoms with Crippen molar-refractivity contribution in [1.82, 2.24) is 4.31 Å². The van der Waals surface area contributed by atoms with Crippen LogP contribution in [0.3, 0.4) is 0 Å². The predicted molar refractivity (Wildman–Crippen MR) is 111 cm³/mol. The Hall–Kier alpha value is -2.13. The van der Waals surface area contributed by atoms with E-state index in [9.17, 15) is 13.2 Å². The number of hydrogen-bond donors (Lipinski definition) is 2. The van der Waals surface area contributed by atoms with E-state index in [4.69, 9.17) is 5.73 Å². The minimum atomic E-state index is -3.60. The van der Waals surface area contributed by atoms with Crippen molar-refractivity contribution in [1.29, 1.82) is 0 Å². The fourth-order valence-electron chi connectivity index (χ4n) is 2.36. The van der Waals surface area contributed by atoms with Crippen LogP contribution in [-0.2, 0) is 16.6 Å². The normalized spacial score (nSPS) is 11.0. The lowest BCUT2D eigenvalue weighted by molar-refractivity contribution is 0.102. The molecule has 0 heterocycles. The summed E-state index contributed by atoms with van der Waals surface area (Å²) in [6.45, 7) is 0.400. The summed E-state index contributed by atoms with van der Waals surface area (Å²) in [4.78, 5) is 14.5. The van der Waals surface area contributed by atoms with Crippen molar-refractivity contribution in [3.8, 4) is 0 Å². The van der Waals surface area contributed by atoms with Crippen LogP contribution in [0.4, 0.5) is 11.4 Å². The third-order valence-electron chi connectivity index (χ3n) is 3.93. The summed E-state index contributed by atoms with van der Waals surface area (Å²) in [7, 11) is 2.97. The maximum absolute atomic E-state index is 12.6. The summed E-state index contributed by atoms with van der Waals surface area (Å²) in [5.41, 5.74) is 8.08. The van der Waals surface area contributed by atoms with Crippen LogP contribution in [0.15, 0.2) is 47.4 Å². The highest BCUT2D eigenvalue weighted by Gasteiger charge is 2.20. The van der Waals surface area contributed by atoms with Gasteiger partial charge in [0.15, 0.2) is 0 Å². The Kier molecular flexibility index (Phi) is 7.79. The number of nitrogens with zero attached hydrogens (tertiary/aromatic N) is 2. The van der Waals surface area contributed by atoms with Gasteiger partial charge in [-0.15, -0.1) is 12.4 Å². The maximum atomic E-state index is 12.6. The monoisotopic (exact) mass is 412 g/mol. The Morgan fingerprint density at radius 2 is 1.63 bits per heavy atom. The summed E-state index contributed by atoms with van der Waals surface area (Å²) < 4.78 is 25.9. The van der Waals surface area contributed by atoms with E-state index in [1.54, 1.807) is 35.2 Å². The fraction of sp³-hybridized carbons (Fsp3) is 0.278. The number of halogens is 1. The van der Waals surface area contributed by atoms with Crippen molar-refractivity contribution < 1.29 is 13.2 Å². The molecular formula is C18H25ClN4O3S. The SMILES string of the molecule is CN(C)c1ccc(S(=O)(=O)N(C)C)cc1NC(=O)c1ccc(CN)cc1.Cl. The zero-order valence-corrected chi connectivity index (χ0v) is 17.4. The Labute approximate surface area is 166 Å². The number of nitrogens with two attached hydrogens (primary N) is 1. The van der Waals surface area contributed by atoms with Crippen LogP contribution in [-0.4, -0.2) is 46.8 Å². The highest BCUT2D eigenvalue weighted by Crippen LogP contribution is 2.29. The zero-order valence-electron chi connectivity index (χ0n) is 15.8. The van der Waals surface area contributed by atoms with E-state index in [2.05, 4.69) is 5.32 Å². The van der Waals surface area contributed by atoms with E-state index in [1.165, 1.54) is 26.2 Å². The van der Waals surface area contributed by atoms with Gasteiger partial charge >= 0.3 is 0 Å². The molecule has 0 saturated heterocycles. The van der Waals surface area contributed by atoms with Gasteiger partial charge in [0.05, 0.1) is 16.3 Å². The molecule has 0 bridgehead atoms. The molecule has 2 rings (SSSR count). The van der Waals surface area contributed by atoms with Crippen molar-refractivity contribution in [3.63, 3.8) is 0 Å². The molecule has 9 heteroatoms. The van der Waals surface area contributed by atoms with Crippen LogP contribution in [0.25, 0.3) is 0 Å². The number of carbonyl (C=O) groups is 1. The van der Waals surface area contributed by atoms with E-state index in [0.29, 0.717) is 23.5 Å². The second-order valence-electron chi connectivity index (χ2n) is 6.22. The van der Waals surface area contributed by atoms with Crippen LogP contribution in [0.1, 0.15) is 15.9 Å². The van der Waals surface area contributed by atoms with Crippen molar-refractivity contribution in [3.05, 3.63) is 53.6 Å². The number of nitrogens with one attached hydrogen (secondary N) is 1. The minimum absolute atomic E-state index is 0. The van der Waals surface area contributed by atoms with Crippen LogP contribution in [0.2, 0.25) is 0 Å². The van der Waals surface area contributed by atoms with Crippen molar-refractivity contribution >= 4 is 39.7 Å². The van der Waals surface area contributed by atoms with E-state index in [1.807, 2.05) is 14.1 Å². The number of amides is 1. The number of benzene rings is 2. The number of carbonyl (C=O) groups excluding carboxylic acids is 1. The van der Waals surface area contributed by atoms with Gasteiger partial charge in [-0.3, -0.25) is 4.79 Å². The van der Waals surface area contributed by atoms with Gasteiger partial charge in [0.1, 0.15) is 0 Å². The van der Waals surface area contributed by atoms with E-state index >= 15 is 0 Å². The van der Waals surface area contributed by atoms with Gasteiger partial charge in [-0.2, -0.15) is 0 Å². The van der Waals surface area contributed by atoms with Crippen LogP contribution < -0.4 is 16.0 Å². The van der Waals surface area contributed by atoms with Crippen LogP contribution in [0.5, 0.6) is 0 Å². The Morgan fingerprint density at radius 3 is 2.11 bits per heavy atom. The third kappa shape index (κ3) is 5.20. The molecule has 0 aliphatic heterocycles. The summed E-state index contributed by atoms with van der Waals surface area (Å²) >= 11 is 0. The maximum Gasteiger partial charge on any atom is 0.255 e. The molecule has 0 aromatic heterocycles. The van der Waals surface area contributed by atoms with Gasteiger partial charge in [-0.25, -0.2) is 12.7 Å². The second-order valence-corrected chi connectivity index (χ2v) is 8.37. The van der Waals surface area contributed by atoms with E-state index in [-0.39, 0.29) is 23.2 Å². The van der Waals surface area contributed by atoms with Gasteiger partial charge in [0.2, 0.25) is 10.0 Å². The first-order valence-electron chi connectivity index (χ1n) is 8.01. The third-order valence-corrected chi connectivity index (χ3v) is 5.74. The molecule has 3 N–H and O–H groups in total. The molecule has 148 valence electrons. The number of sulfonamides is 1. The van der Waals surface area contributed by atoms with Gasteiger partial charge in [0, 0.05) is 40.3 Å². The first-order chi connectivity index (χ1) is 12.2. The average Bonchev–Trinajstić information content (AvgIpc) is 2.61. The lowest BCUT2D eigenvalue weighted by Crippen LogP contribution is -2.23. The summed E-state index contributed by atoms with van der Waals surface area (Å²) in [5, 5.41) is 2.80. The molecule has 7 nitrogen and oxygen atoms in total. The van der Waals surface area contributed by atoms with Gasteiger partial charge in [-0.05, 0) is 35.9 Å². The molecule has 2 aromatic carbocycles. The van der Waals surface area contributed by atoms with Gasteiger partial charge in [0.25, 0.3) is 5.91 Å². The van der Waals surface area contributed by atoms with Crippen LogP contribution in [0, 0.1) is 0 Å². The Balaban J connectivity index is 0.00000364. The number of anilines is 2. The molecule has 0 unspecified atom stereocenters. The molecule has 27 heavy (non-hydrogen) atoms. The first-order valence-corrected chi connectivity index (χ1v) is 9.45. The molecular weight excluding hydrogens is 388 g/mol. The molecule has 0 atom stereocenters. The highest BCUT2D eigenvalue weighted by molar-refractivity contribution is 7.89. The smallest absolute Gasteiger partial charge is 0.255 e. The first kappa shape index (κ1) is 22.9. The number of rotatable bonds is 6. The molecule has 0 aliphatic carbocycles. The van der Waals surface area contributed by atoms with E-state index in [0.717, 1.165) is 9.87 Å². The summed E-state index contributed by atoms with van der Waals surface area (Å²) in [6.07, 6.45) is 0. The number of hydrogen-bond acceptors (Lipinski definition) is 5. The molecule has 0 aliphatic rings. The molecule has 0 fully saturated rings. The van der Waals surface area contributed by atoms with Crippen molar-refractivity contribution in [2.75, 3.05) is 38.4 Å². The molecule has 0 spiro atoms. The van der Waals surface area contributed by atoms with Gasteiger partial charge in [-0.1, -0.05) is 12.1 Å². The topological polar surface area (TPSA) is 95.7 Å². The average molecular weight is 413 g/mol. The fourth-order valence-corrected chi connectivity index (χ4v) is 3.29. The van der Waals surface area contributed by atoms with Crippen molar-refractivity contribution in [2.24, 2.45) is 5.73 Å². The lowest BCUT2D eigenvalue weighted by Gasteiger charge is -2.20. The quantitative estimate of drug-likeness (QED) is 0.757. The highest BCUT2D eigenvalue weighted by atomic mass is 35.5. The second kappa shape index (κ2) is 9.18. The molecule has 0 saturated carbocycles. The largest absolute Gasteiger partial charge is 0.376 e. The molecule has 1 amide bonds. The standard InChI is InChI=1S/C18H24N4O3S.ClH/c1-21(2)17-10-9-15(26(24,25)22(3)4)11-16(17)20-18(23)14-7-5-13(12-19)6-8-14;/h5-11H,12,19H2,1-4H3,(H,20,23);1H. The Bertz CT molecular complexity index is 897. The Morgan fingerprint density at radius 1 is 1.04 bits per heavy atom. The summed E-state index contributed by atoms with van der Waals surface area (Å²) in [5.74, 6) is -0.323. The minimum Gasteiger partial charge on any atom is -0.376 e. The lowest BCUT2D eigenvalue weighted by atomic mass is 10.1. The molecule has 0 radical (unpaired) electrons. The zero-order chi connectivity index (χ0) is 19.5. The predicted octanol–water partition coefficient (Wildman–Crippen LogP) is 2.14. The molecule has 2 aromatic rings. The van der Waals surface area contributed by atoms with Gasteiger partial charge < -0.3 is 16.0 Å². The summed E-state index contributed by atoms with van der Waals surface area (Å²) in [6, 6.07) is 11.6. The van der Waals surface area contributed by atoms with Crippen molar-refractivity contribution in [2.45, 2.75) is 11.4 Å². The van der Waals surface area contributed by atoms with Crippen LogP contribution >= 0.6 is 12.4 Å². The van der Waals surface area contributed by atoms with E-state index < -0.39 is 10.0 Å².